The summed E-state index contributed by atoms with van der Waals surface area (Å²) in [6.07, 6.45) is 1.58. The number of nitrogens with zero attached hydrogens (tertiary/aromatic N) is 3. The number of aromatic nitrogens is 2. The maximum absolute atomic E-state index is 12.6. The number of carbonyl (C=O) groups is 1. The van der Waals surface area contributed by atoms with Crippen molar-refractivity contribution in [3.05, 3.63) is 41.5 Å². The van der Waals surface area contributed by atoms with Crippen LogP contribution < -0.4 is 19.7 Å². The van der Waals surface area contributed by atoms with E-state index in [1.54, 1.807) is 43.0 Å². The van der Waals surface area contributed by atoms with Crippen LogP contribution in [0, 0.1) is 0 Å². The maximum atomic E-state index is 12.6. The second kappa shape index (κ2) is 6.80. The van der Waals surface area contributed by atoms with Gasteiger partial charge in [0, 0.05) is 13.1 Å². The Balaban J connectivity index is 1.44. The van der Waals surface area contributed by atoms with Gasteiger partial charge in [-0.2, -0.15) is 0 Å². The molecule has 1 N–H and O–H groups in total. The molecule has 4 rings (SSSR count). The van der Waals surface area contributed by atoms with Crippen LogP contribution in [0.2, 0.25) is 0 Å². The first-order valence-corrected chi connectivity index (χ1v) is 9.04. The number of hydrogen-bond donors (Lipinski definition) is 1. The molecule has 8 heteroatoms. The Bertz CT molecular complexity index is 953. The highest BCUT2D eigenvalue weighted by Crippen LogP contribution is 2.32. The van der Waals surface area contributed by atoms with Gasteiger partial charge >= 0.3 is 0 Å². The Labute approximate surface area is 154 Å². The van der Waals surface area contributed by atoms with Gasteiger partial charge in [-0.3, -0.25) is 4.79 Å². The lowest BCUT2D eigenvalue weighted by atomic mass is 10.1. The number of hydrogen-bond acceptors (Lipinski definition) is 7. The number of rotatable bonds is 5. The fraction of sp³-hybridized carbons (Fsp3) is 0.278. The molecule has 134 valence electrons. The van der Waals surface area contributed by atoms with Crippen molar-refractivity contribution in [2.45, 2.75) is 6.04 Å². The molecule has 1 aliphatic rings. The average molecular weight is 370 g/mol. The molecule has 2 aromatic heterocycles. The summed E-state index contributed by atoms with van der Waals surface area (Å²) in [6, 6.07) is 7.31. The Morgan fingerprint density at radius 2 is 2.08 bits per heavy atom. The quantitative estimate of drug-likeness (QED) is 0.743. The number of anilines is 1. The molecule has 0 radical (unpaired) electrons. The fourth-order valence-corrected chi connectivity index (χ4v) is 3.93. The van der Waals surface area contributed by atoms with E-state index in [0.29, 0.717) is 30.2 Å². The SMILES string of the molecule is COc1cccc(C(=O)NC2CN(c3ncnc4ccsc34)C2)c1OC. The Morgan fingerprint density at radius 1 is 1.23 bits per heavy atom. The summed E-state index contributed by atoms with van der Waals surface area (Å²) >= 11 is 1.63. The summed E-state index contributed by atoms with van der Waals surface area (Å²) < 4.78 is 11.7. The molecule has 0 spiro atoms. The van der Waals surface area contributed by atoms with E-state index in [1.165, 1.54) is 7.11 Å². The lowest BCUT2D eigenvalue weighted by Gasteiger charge is -2.40. The lowest BCUT2D eigenvalue weighted by Crippen LogP contribution is -2.59. The molecule has 7 nitrogen and oxygen atoms in total. The maximum Gasteiger partial charge on any atom is 0.255 e. The van der Waals surface area contributed by atoms with Crippen LogP contribution in [0.1, 0.15) is 10.4 Å². The smallest absolute Gasteiger partial charge is 0.255 e. The lowest BCUT2D eigenvalue weighted by molar-refractivity contribution is 0.0926. The van der Waals surface area contributed by atoms with Crippen LogP contribution in [0.5, 0.6) is 11.5 Å². The van der Waals surface area contributed by atoms with Crippen molar-refractivity contribution in [1.82, 2.24) is 15.3 Å². The van der Waals surface area contributed by atoms with Crippen molar-refractivity contribution in [2.75, 3.05) is 32.2 Å². The van der Waals surface area contributed by atoms with Gasteiger partial charge in [0.1, 0.15) is 12.1 Å². The van der Waals surface area contributed by atoms with Crippen LogP contribution in [-0.2, 0) is 0 Å². The summed E-state index contributed by atoms with van der Waals surface area (Å²) in [7, 11) is 3.08. The molecule has 0 aliphatic carbocycles. The van der Waals surface area contributed by atoms with E-state index in [9.17, 15) is 4.79 Å². The predicted octanol–water partition coefficient (Wildman–Crippen LogP) is 2.33. The van der Waals surface area contributed by atoms with Gasteiger partial charge in [0.25, 0.3) is 5.91 Å². The first-order valence-electron chi connectivity index (χ1n) is 8.16. The highest BCUT2D eigenvalue weighted by atomic mass is 32.1. The van der Waals surface area contributed by atoms with Crippen molar-refractivity contribution in [3.8, 4) is 11.5 Å². The molecule has 3 aromatic rings. The van der Waals surface area contributed by atoms with Gasteiger partial charge in [-0.1, -0.05) is 6.07 Å². The number of benzene rings is 1. The second-order valence-corrected chi connectivity index (χ2v) is 6.86. The molecule has 1 aromatic carbocycles. The van der Waals surface area contributed by atoms with Crippen molar-refractivity contribution in [2.24, 2.45) is 0 Å². The van der Waals surface area contributed by atoms with E-state index in [0.717, 1.165) is 16.0 Å². The molecule has 26 heavy (non-hydrogen) atoms. The van der Waals surface area contributed by atoms with Crippen molar-refractivity contribution >= 4 is 33.3 Å². The zero-order valence-corrected chi connectivity index (χ0v) is 15.2. The van der Waals surface area contributed by atoms with E-state index in [1.807, 2.05) is 11.4 Å². The minimum Gasteiger partial charge on any atom is -0.493 e. The Morgan fingerprint density at radius 3 is 2.85 bits per heavy atom. The van der Waals surface area contributed by atoms with Gasteiger partial charge in [-0.05, 0) is 23.6 Å². The number of amides is 1. The largest absolute Gasteiger partial charge is 0.493 e. The molecule has 0 atom stereocenters. The van der Waals surface area contributed by atoms with Crippen molar-refractivity contribution < 1.29 is 14.3 Å². The number of nitrogens with one attached hydrogen (secondary N) is 1. The van der Waals surface area contributed by atoms with E-state index in [2.05, 4.69) is 20.2 Å². The highest BCUT2D eigenvalue weighted by Gasteiger charge is 2.31. The number of ether oxygens (including phenoxy) is 2. The van der Waals surface area contributed by atoms with Crippen LogP contribution in [-0.4, -0.2) is 49.2 Å². The second-order valence-electron chi connectivity index (χ2n) is 5.95. The molecule has 1 amide bonds. The molecule has 0 bridgehead atoms. The Kier molecular flexibility index (Phi) is 4.34. The fourth-order valence-electron chi connectivity index (χ4n) is 3.07. The molecular formula is C18H18N4O3S. The third-order valence-electron chi connectivity index (χ3n) is 4.39. The number of carbonyl (C=O) groups excluding carboxylic acids is 1. The number of methoxy groups -OCH3 is 2. The summed E-state index contributed by atoms with van der Waals surface area (Å²) in [5.41, 5.74) is 1.42. The molecule has 1 saturated heterocycles. The topological polar surface area (TPSA) is 76.6 Å². The van der Waals surface area contributed by atoms with E-state index in [-0.39, 0.29) is 11.9 Å². The van der Waals surface area contributed by atoms with Crippen LogP contribution in [0.25, 0.3) is 10.2 Å². The van der Waals surface area contributed by atoms with E-state index < -0.39 is 0 Å². The zero-order chi connectivity index (χ0) is 18.1. The zero-order valence-electron chi connectivity index (χ0n) is 14.4. The van der Waals surface area contributed by atoms with Crippen molar-refractivity contribution in [3.63, 3.8) is 0 Å². The summed E-state index contributed by atoms with van der Waals surface area (Å²) in [5.74, 6) is 1.74. The Hall–Kier alpha value is -2.87. The third kappa shape index (κ3) is 2.82. The third-order valence-corrected chi connectivity index (χ3v) is 5.29. The first kappa shape index (κ1) is 16.6. The van der Waals surface area contributed by atoms with Gasteiger partial charge in [-0.25, -0.2) is 9.97 Å². The van der Waals surface area contributed by atoms with Crippen LogP contribution >= 0.6 is 11.3 Å². The van der Waals surface area contributed by atoms with Crippen LogP contribution in [0.15, 0.2) is 36.0 Å². The summed E-state index contributed by atoms with van der Waals surface area (Å²) in [6.45, 7) is 1.42. The number of fused-ring (bicyclic) bond motifs is 1. The van der Waals surface area contributed by atoms with E-state index >= 15 is 0 Å². The molecular weight excluding hydrogens is 352 g/mol. The predicted molar refractivity (Wildman–Crippen MR) is 100 cm³/mol. The van der Waals surface area contributed by atoms with Gasteiger partial charge in [-0.15, -0.1) is 11.3 Å². The minimum atomic E-state index is -0.172. The normalized spacial score (nSPS) is 14.2. The molecule has 1 aliphatic heterocycles. The van der Waals surface area contributed by atoms with Crippen LogP contribution in [0.4, 0.5) is 5.82 Å². The standard InChI is InChI=1S/C18H18N4O3S/c1-24-14-5-3-4-12(15(14)25-2)18(23)21-11-8-22(9-11)17-16-13(6-7-26-16)19-10-20-17/h3-7,10-11H,8-9H2,1-2H3,(H,21,23). The molecule has 0 saturated carbocycles. The van der Waals surface area contributed by atoms with E-state index in [4.69, 9.17) is 9.47 Å². The highest BCUT2D eigenvalue weighted by molar-refractivity contribution is 7.17. The molecule has 0 unspecified atom stereocenters. The number of para-hydroxylation sites is 1. The van der Waals surface area contributed by atoms with Crippen LogP contribution in [0.3, 0.4) is 0 Å². The first-order chi connectivity index (χ1) is 12.7. The molecule has 3 heterocycles. The minimum absolute atomic E-state index is 0.0587. The van der Waals surface area contributed by atoms with Crippen molar-refractivity contribution in [1.29, 1.82) is 0 Å². The van der Waals surface area contributed by atoms with Gasteiger partial charge in [0.05, 0.1) is 36.0 Å². The molecule has 1 fully saturated rings. The van der Waals surface area contributed by atoms with Gasteiger partial charge in [0.2, 0.25) is 0 Å². The average Bonchev–Trinajstić information content (AvgIpc) is 3.12. The monoisotopic (exact) mass is 370 g/mol. The summed E-state index contributed by atoms with van der Waals surface area (Å²) in [4.78, 5) is 23.4. The summed E-state index contributed by atoms with van der Waals surface area (Å²) in [5, 5.41) is 5.06. The van der Waals surface area contributed by atoms with Gasteiger partial charge in [0.15, 0.2) is 11.5 Å². The van der Waals surface area contributed by atoms with Gasteiger partial charge < -0.3 is 19.7 Å². The number of thiophene rings is 1.